The third kappa shape index (κ3) is 2.83. The van der Waals surface area contributed by atoms with Crippen LogP contribution in [0.25, 0.3) is 0 Å². The van der Waals surface area contributed by atoms with Crippen LogP contribution >= 0.6 is 0 Å². The fourth-order valence-electron chi connectivity index (χ4n) is 1.85. The van der Waals surface area contributed by atoms with Crippen LogP contribution in [0.1, 0.15) is 27.8 Å². The molecule has 18 heavy (non-hydrogen) atoms. The van der Waals surface area contributed by atoms with Gasteiger partial charge in [0.05, 0.1) is 0 Å². The summed E-state index contributed by atoms with van der Waals surface area (Å²) in [5.41, 5.74) is 1.51. The first-order valence-corrected chi connectivity index (χ1v) is 5.70. The first-order valence-electron chi connectivity index (χ1n) is 5.70. The highest BCUT2D eigenvalue weighted by Crippen LogP contribution is 2.18. The van der Waals surface area contributed by atoms with Crippen LogP contribution in [0.3, 0.4) is 0 Å². The average molecular weight is 242 g/mol. The van der Waals surface area contributed by atoms with Crippen LogP contribution in [0, 0.1) is 0 Å². The molecule has 92 valence electrons. The van der Waals surface area contributed by atoms with E-state index in [1.54, 1.807) is 24.3 Å². The van der Waals surface area contributed by atoms with Crippen LogP contribution in [0.15, 0.2) is 54.6 Å². The highest BCUT2D eigenvalue weighted by molar-refractivity contribution is 5.98. The van der Waals surface area contributed by atoms with Crippen molar-refractivity contribution in [1.29, 1.82) is 0 Å². The molecule has 2 N–H and O–H groups in total. The van der Waals surface area contributed by atoms with Gasteiger partial charge in [0.2, 0.25) is 0 Å². The normalized spacial score (nSPS) is 10.6. The Balaban J connectivity index is 2.24. The summed E-state index contributed by atoms with van der Waals surface area (Å²) in [7, 11) is 0. The van der Waals surface area contributed by atoms with Crippen LogP contribution in [0.4, 0.5) is 0 Å². The lowest BCUT2D eigenvalue weighted by atomic mass is 9.98. The zero-order valence-corrected chi connectivity index (χ0v) is 9.78. The highest BCUT2D eigenvalue weighted by atomic mass is 16.5. The maximum atomic E-state index is 12.1. The van der Waals surface area contributed by atoms with Crippen molar-refractivity contribution >= 4 is 5.78 Å². The van der Waals surface area contributed by atoms with Crippen LogP contribution in [0.5, 0.6) is 0 Å². The van der Waals surface area contributed by atoms with Gasteiger partial charge in [-0.2, -0.15) is 0 Å². The Labute approximate surface area is 105 Å². The first-order chi connectivity index (χ1) is 8.68. The first kappa shape index (κ1) is 12.5. The van der Waals surface area contributed by atoms with E-state index >= 15 is 0 Å². The highest BCUT2D eigenvalue weighted by Gasteiger charge is 2.15. The van der Waals surface area contributed by atoms with Gasteiger partial charge in [-0.25, -0.2) is 0 Å². The van der Waals surface area contributed by atoms with E-state index in [1.807, 2.05) is 30.3 Å². The zero-order valence-electron chi connectivity index (χ0n) is 9.78. The van der Waals surface area contributed by atoms with Crippen molar-refractivity contribution in [2.75, 3.05) is 0 Å². The van der Waals surface area contributed by atoms with Gasteiger partial charge in [0.25, 0.3) is 0 Å². The lowest BCUT2D eigenvalue weighted by Crippen LogP contribution is -2.09. The smallest absolute Gasteiger partial charge is 0.179 e. The summed E-state index contributed by atoms with van der Waals surface area (Å²) in [5, 5.41) is 18.4. The topological polar surface area (TPSA) is 57.5 Å². The molecule has 2 aromatic carbocycles. The standard InChI is InChI=1S/C15H14O3/c16-14(10-11-6-2-1-3-7-11)12-8-4-5-9-13(12)15(17)18/h1-9,15,17-18H,10H2. The van der Waals surface area contributed by atoms with E-state index in [0.717, 1.165) is 5.56 Å². The van der Waals surface area contributed by atoms with Crippen molar-refractivity contribution in [3.63, 3.8) is 0 Å². The molecule has 3 nitrogen and oxygen atoms in total. The van der Waals surface area contributed by atoms with Gasteiger partial charge in [0, 0.05) is 17.5 Å². The second-order valence-electron chi connectivity index (χ2n) is 4.05. The number of rotatable bonds is 4. The predicted molar refractivity (Wildman–Crippen MR) is 68.1 cm³/mol. The number of aliphatic hydroxyl groups is 2. The molecule has 0 saturated heterocycles. The molecule has 0 heterocycles. The fraction of sp³-hybridized carbons (Fsp3) is 0.133. The Morgan fingerprint density at radius 2 is 1.56 bits per heavy atom. The van der Waals surface area contributed by atoms with Gasteiger partial charge < -0.3 is 10.2 Å². The van der Waals surface area contributed by atoms with Gasteiger partial charge in [-0.15, -0.1) is 0 Å². The molecular formula is C15H14O3. The number of carbonyl (C=O) groups excluding carboxylic acids is 1. The van der Waals surface area contributed by atoms with Gasteiger partial charge in [0.15, 0.2) is 12.1 Å². The second-order valence-corrected chi connectivity index (χ2v) is 4.05. The molecule has 0 amide bonds. The molecule has 0 unspecified atom stereocenters. The summed E-state index contributed by atoms with van der Waals surface area (Å²) in [4.78, 5) is 12.1. The number of aliphatic hydroxyl groups excluding tert-OH is 1. The van der Waals surface area contributed by atoms with Crippen molar-refractivity contribution in [2.24, 2.45) is 0 Å². The van der Waals surface area contributed by atoms with Crippen molar-refractivity contribution in [3.05, 3.63) is 71.3 Å². The molecule has 0 spiro atoms. The van der Waals surface area contributed by atoms with E-state index in [9.17, 15) is 15.0 Å². The molecule has 3 heteroatoms. The molecule has 0 radical (unpaired) electrons. The van der Waals surface area contributed by atoms with E-state index in [0.29, 0.717) is 5.56 Å². The molecule has 0 aromatic heterocycles. The molecule has 2 rings (SSSR count). The maximum Gasteiger partial charge on any atom is 0.179 e. The summed E-state index contributed by atoms with van der Waals surface area (Å²) in [6.45, 7) is 0. The Morgan fingerprint density at radius 1 is 0.944 bits per heavy atom. The minimum atomic E-state index is -1.62. The number of ketones is 1. The number of benzene rings is 2. The van der Waals surface area contributed by atoms with Gasteiger partial charge in [0.1, 0.15) is 0 Å². The molecule has 0 bridgehead atoms. The summed E-state index contributed by atoms with van der Waals surface area (Å²) in [5.74, 6) is -0.120. The lowest BCUT2D eigenvalue weighted by molar-refractivity contribution is -0.0429. The Morgan fingerprint density at radius 3 is 2.22 bits per heavy atom. The molecule has 0 fully saturated rings. The van der Waals surface area contributed by atoms with E-state index in [1.165, 1.54) is 0 Å². The van der Waals surface area contributed by atoms with Crippen molar-refractivity contribution < 1.29 is 15.0 Å². The summed E-state index contributed by atoms with van der Waals surface area (Å²) >= 11 is 0. The minimum Gasteiger partial charge on any atom is -0.364 e. The summed E-state index contributed by atoms with van der Waals surface area (Å²) < 4.78 is 0. The third-order valence-electron chi connectivity index (χ3n) is 2.75. The SMILES string of the molecule is O=C(Cc1ccccc1)c1ccccc1C(O)O. The zero-order chi connectivity index (χ0) is 13.0. The van der Waals surface area contributed by atoms with Crippen LogP contribution < -0.4 is 0 Å². The minimum absolute atomic E-state index is 0.120. The molecule has 0 atom stereocenters. The number of hydrogen-bond acceptors (Lipinski definition) is 3. The van der Waals surface area contributed by atoms with Gasteiger partial charge in [-0.3, -0.25) is 4.79 Å². The summed E-state index contributed by atoms with van der Waals surface area (Å²) in [6, 6.07) is 15.9. The second kappa shape index (κ2) is 5.58. The number of Topliss-reactive ketones (excluding diaryl/α,β-unsaturated/α-hetero) is 1. The van der Waals surface area contributed by atoms with Crippen molar-refractivity contribution in [1.82, 2.24) is 0 Å². The van der Waals surface area contributed by atoms with Gasteiger partial charge in [-0.05, 0) is 5.56 Å². The van der Waals surface area contributed by atoms with Gasteiger partial charge >= 0.3 is 0 Å². The lowest BCUT2D eigenvalue weighted by Gasteiger charge is -2.10. The van der Waals surface area contributed by atoms with Crippen LogP contribution in [-0.4, -0.2) is 16.0 Å². The molecular weight excluding hydrogens is 228 g/mol. The van der Waals surface area contributed by atoms with E-state index in [4.69, 9.17) is 0 Å². The monoisotopic (exact) mass is 242 g/mol. The van der Waals surface area contributed by atoms with Crippen molar-refractivity contribution in [3.8, 4) is 0 Å². The fourth-order valence-corrected chi connectivity index (χ4v) is 1.85. The predicted octanol–water partition coefficient (Wildman–Crippen LogP) is 2.10. The number of carbonyl (C=O) groups is 1. The van der Waals surface area contributed by atoms with Crippen molar-refractivity contribution in [2.45, 2.75) is 12.7 Å². The molecule has 2 aromatic rings. The summed E-state index contributed by atoms with van der Waals surface area (Å²) in [6.07, 6.45) is -1.37. The van der Waals surface area contributed by atoms with Crippen LogP contribution in [-0.2, 0) is 6.42 Å². The molecule has 0 aliphatic rings. The maximum absolute atomic E-state index is 12.1. The largest absolute Gasteiger partial charge is 0.364 e. The number of hydrogen-bond donors (Lipinski definition) is 2. The average Bonchev–Trinajstić information content (AvgIpc) is 2.40. The molecule has 0 saturated carbocycles. The third-order valence-corrected chi connectivity index (χ3v) is 2.75. The Kier molecular flexibility index (Phi) is 3.87. The Bertz CT molecular complexity index is 532. The van der Waals surface area contributed by atoms with E-state index < -0.39 is 6.29 Å². The molecule has 0 aliphatic carbocycles. The van der Waals surface area contributed by atoms with Crippen LogP contribution in [0.2, 0.25) is 0 Å². The van der Waals surface area contributed by atoms with E-state index in [2.05, 4.69) is 0 Å². The van der Waals surface area contributed by atoms with Gasteiger partial charge in [-0.1, -0.05) is 54.6 Å². The Hall–Kier alpha value is -1.97. The molecule has 0 aliphatic heterocycles. The van der Waals surface area contributed by atoms with E-state index in [-0.39, 0.29) is 17.8 Å². The quantitative estimate of drug-likeness (QED) is 0.637.